The van der Waals surface area contributed by atoms with Crippen LogP contribution in [-0.4, -0.2) is 35.2 Å². The Morgan fingerprint density at radius 2 is 1.83 bits per heavy atom. The van der Waals surface area contributed by atoms with Gasteiger partial charge in [0.25, 0.3) is 0 Å². The molecule has 0 aliphatic carbocycles. The van der Waals surface area contributed by atoms with Gasteiger partial charge in [-0.15, -0.1) is 5.10 Å². The number of nitrogens with one attached hydrogen (secondary N) is 1. The van der Waals surface area contributed by atoms with Gasteiger partial charge in [-0.25, -0.2) is 5.01 Å². The molecule has 2 aromatic carbocycles. The Kier molecular flexibility index (Phi) is 7.38. The summed E-state index contributed by atoms with van der Waals surface area (Å²) in [5.41, 5.74) is 1.83. The van der Waals surface area contributed by atoms with E-state index in [9.17, 15) is 9.59 Å². The number of carbonyl (C=O) groups excluding carboxylic acids is 2. The van der Waals surface area contributed by atoms with Crippen LogP contribution in [0.4, 0.5) is 0 Å². The number of halogens is 1. The second kappa shape index (κ2) is 9.99. The number of rotatable bonds is 6. The van der Waals surface area contributed by atoms with Crippen molar-refractivity contribution in [1.82, 2.24) is 10.3 Å². The van der Waals surface area contributed by atoms with Crippen LogP contribution in [0.1, 0.15) is 30.3 Å². The maximum Gasteiger partial charge on any atom is 0.241 e. The predicted octanol–water partition coefficient (Wildman–Crippen LogP) is 4.22. The topological polar surface area (TPSA) is 80.2 Å². The Morgan fingerprint density at radius 3 is 2.50 bits per heavy atom. The van der Waals surface area contributed by atoms with Crippen LogP contribution >= 0.6 is 27.7 Å². The van der Waals surface area contributed by atoms with Gasteiger partial charge in [-0.05, 0) is 36.8 Å². The monoisotopic (exact) mass is 491 g/mol. The number of carbonyl (C=O) groups is 2. The average molecular weight is 492 g/mol. The van der Waals surface area contributed by atoms with E-state index in [0.29, 0.717) is 24.1 Å². The van der Waals surface area contributed by atoms with Crippen LogP contribution in [-0.2, 0) is 9.59 Å². The number of hydrazone groups is 1. The highest BCUT2D eigenvalue weighted by Crippen LogP contribution is 2.43. The molecule has 0 saturated carbocycles. The van der Waals surface area contributed by atoms with Crippen molar-refractivity contribution in [3.8, 4) is 11.5 Å². The van der Waals surface area contributed by atoms with Crippen LogP contribution < -0.4 is 14.8 Å². The third kappa shape index (κ3) is 5.54. The maximum absolute atomic E-state index is 12.1. The first-order valence-electron chi connectivity index (χ1n) is 9.28. The maximum atomic E-state index is 12.1. The van der Waals surface area contributed by atoms with Gasteiger partial charge >= 0.3 is 0 Å². The number of nitrogens with zero attached hydrogens (tertiary/aromatic N) is 2. The van der Waals surface area contributed by atoms with E-state index in [1.807, 2.05) is 49.4 Å². The molecule has 2 amide bonds. The Morgan fingerprint density at radius 1 is 1.13 bits per heavy atom. The molecule has 3 rings (SSSR count). The zero-order chi connectivity index (χ0) is 21.7. The minimum absolute atomic E-state index is 0.235. The molecule has 7 nitrogen and oxygen atoms in total. The van der Waals surface area contributed by atoms with Gasteiger partial charge in [0.05, 0.1) is 0 Å². The number of thioether (sulfide) groups is 1. The summed E-state index contributed by atoms with van der Waals surface area (Å²) in [7, 11) is 0. The molecule has 0 aromatic heterocycles. The third-order valence-corrected chi connectivity index (χ3v) is 5.76. The van der Waals surface area contributed by atoms with Crippen molar-refractivity contribution in [3.63, 3.8) is 0 Å². The van der Waals surface area contributed by atoms with E-state index in [1.54, 1.807) is 0 Å². The standard InChI is InChI=1S/C21H22BrN3O4S/c1-13-6-4-5-7-18(13)28-10-11-29-19-9-8-16(22)12-17(19)20-25(15(3)27)24-21(30-20)23-14(2)26/h4-9,12,20H,10-11H2,1-3H3,(H,23,24,26)/t20-/m0/s1. The molecule has 158 valence electrons. The molecular formula is C21H22BrN3O4S. The SMILES string of the molecule is CC(=O)NC1=NN(C(C)=O)[C@H](c2cc(Br)ccc2OCCOc2ccccc2C)S1. The van der Waals surface area contributed by atoms with Crippen molar-refractivity contribution in [3.05, 3.63) is 58.1 Å². The molecule has 1 heterocycles. The van der Waals surface area contributed by atoms with Gasteiger partial charge in [-0.1, -0.05) is 45.9 Å². The molecule has 1 atom stereocenters. The van der Waals surface area contributed by atoms with Crippen molar-refractivity contribution in [2.75, 3.05) is 13.2 Å². The van der Waals surface area contributed by atoms with E-state index < -0.39 is 5.37 Å². The fourth-order valence-corrected chi connectivity index (χ4v) is 4.37. The van der Waals surface area contributed by atoms with Crippen molar-refractivity contribution >= 4 is 44.7 Å². The van der Waals surface area contributed by atoms with Crippen LogP contribution in [0.15, 0.2) is 52.0 Å². The highest BCUT2D eigenvalue weighted by atomic mass is 79.9. The lowest BCUT2D eigenvalue weighted by Gasteiger charge is -2.22. The zero-order valence-corrected chi connectivity index (χ0v) is 19.2. The van der Waals surface area contributed by atoms with Gasteiger partial charge in [-0.2, -0.15) is 0 Å². The lowest BCUT2D eigenvalue weighted by atomic mass is 10.2. The van der Waals surface area contributed by atoms with Crippen molar-refractivity contribution in [1.29, 1.82) is 0 Å². The first-order chi connectivity index (χ1) is 14.3. The summed E-state index contributed by atoms with van der Waals surface area (Å²) in [6.07, 6.45) is 0. The first-order valence-corrected chi connectivity index (χ1v) is 11.0. The number of hydrogen-bond donors (Lipinski definition) is 1. The summed E-state index contributed by atoms with van der Waals surface area (Å²) in [6, 6.07) is 13.4. The Balaban J connectivity index is 1.72. The van der Waals surface area contributed by atoms with Gasteiger partial charge < -0.3 is 14.8 Å². The van der Waals surface area contributed by atoms with Crippen LogP contribution in [0, 0.1) is 6.92 Å². The fraction of sp³-hybridized carbons (Fsp3) is 0.286. The zero-order valence-electron chi connectivity index (χ0n) is 16.8. The summed E-state index contributed by atoms with van der Waals surface area (Å²) in [4.78, 5) is 23.5. The second-order valence-electron chi connectivity index (χ2n) is 6.56. The number of benzene rings is 2. The molecule has 0 fully saturated rings. The van der Waals surface area contributed by atoms with E-state index in [1.165, 1.54) is 30.6 Å². The molecule has 1 N–H and O–H groups in total. The molecule has 1 aliphatic heterocycles. The molecule has 9 heteroatoms. The number of para-hydroxylation sites is 1. The predicted molar refractivity (Wildman–Crippen MR) is 120 cm³/mol. The largest absolute Gasteiger partial charge is 0.490 e. The molecule has 0 saturated heterocycles. The number of amides is 2. The molecular weight excluding hydrogens is 470 g/mol. The number of aryl methyl sites for hydroxylation is 1. The fourth-order valence-electron chi connectivity index (χ4n) is 2.83. The van der Waals surface area contributed by atoms with Crippen molar-refractivity contribution < 1.29 is 19.1 Å². The number of hydrogen-bond acceptors (Lipinski definition) is 6. The van der Waals surface area contributed by atoms with Crippen LogP contribution in [0.3, 0.4) is 0 Å². The van der Waals surface area contributed by atoms with E-state index in [4.69, 9.17) is 9.47 Å². The highest BCUT2D eigenvalue weighted by Gasteiger charge is 2.34. The normalized spacial score (nSPS) is 15.5. The molecule has 30 heavy (non-hydrogen) atoms. The van der Waals surface area contributed by atoms with E-state index in [-0.39, 0.29) is 11.8 Å². The quantitative estimate of drug-likeness (QED) is 0.611. The van der Waals surface area contributed by atoms with E-state index >= 15 is 0 Å². The van der Waals surface area contributed by atoms with Gasteiger partial charge in [0.1, 0.15) is 30.1 Å². The smallest absolute Gasteiger partial charge is 0.241 e. The second-order valence-corrected chi connectivity index (χ2v) is 8.55. The molecule has 0 bridgehead atoms. The Labute approximate surface area is 187 Å². The molecule has 1 aliphatic rings. The molecule has 0 radical (unpaired) electrons. The summed E-state index contributed by atoms with van der Waals surface area (Å²) < 4.78 is 12.6. The lowest BCUT2D eigenvalue weighted by molar-refractivity contribution is -0.129. The summed E-state index contributed by atoms with van der Waals surface area (Å²) in [5, 5.41) is 8.15. The van der Waals surface area contributed by atoms with Gasteiger partial charge in [0.2, 0.25) is 11.8 Å². The number of ether oxygens (including phenoxy) is 2. The Hall–Kier alpha value is -2.52. The van der Waals surface area contributed by atoms with Crippen LogP contribution in [0.5, 0.6) is 11.5 Å². The molecule has 0 spiro atoms. The third-order valence-electron chi connectivity index (χ3n) is 4.18. The van der Waals surface area contributed by atoms with Crippen molar-refractivity contribution in [2.45, 2.75) is 26.1 Å². The average Bonchev–Trinajstić information content (AvgIpc) is 3.10. The van der Waals surface area contributed by atoms with E-state index in [2.05, 4.69) is 26.3 Å². The van der Waals surface area contributed by atoms with Gasteiger partial charge in [0.15, 0.2) is 5.17 Å². The summed E-state index contributed by atoms with van der Waals surface area (Å²) in [5.74, 6) is 0.959. The minimum atomic E-state index is -0.450. The summed E-state index contributed by atoms with van der Waals surface area (Å²) in [6.45, 7) is 5.53. The van der Waals surface area contributed by atoms with Crippen molar-refractivity contribution in [2.24, 2.45) is 5.10 Å². The lowest BCUT2D eigenvalue weighted by Crippen LogP contribution is -2.25. The van der Waals surface area contributed by atoms with Crippen LogP contribution in [0.2, 0.25) is 0 Å². The molecule has 2 aromatic rings. The minimum Gasteiger partial charge on any atom is -0.490 e. The van der Waals surface area contributed by atoms with Gasteiger partial charge in [0, 0.05) is 23.9 Å². The Bertz CT molecular complexity index is 982. The highest BCUT2D eigenvalue weighted by molar-refractivity contribution is 9.10. The summed E-state index contributed by atoms with van der Waals surface area (Å²) >= 11 is 4.76. The van der Waals surface area contributed by atoms with Crippen LogP contribution in [0.25, 0.3) is 0 Å². The van der Waals surface area contributed by atoms with E-state index in [0.717, 1.165) is 21.3 Å². The first kappa shape index (κ1) is 22.2. The number of amidine groups is 1. The molecule has 0 unspecified atom stereocenters. The van der Waals surface area contributed by atoms with Gasteiger partial charge in [-0.3, -0.25) is 9.59 Å².